The van der Waals surface area contributed by atoms with Gasteiger partial charge >= 0.3 is 10.1 Å². The van der Waals surface area contributed by atoms with Gasteiger partial charge < -0.3 is 23.1 Å². The molecule has 0 aliphatic carbocycles. The van der Waals surface area contributed by atoms with Gasteiger partial charge in [-0.2, -0.15) is 8.42 Å². The Labute approximate surface area is 236 Å². The van der Waals surface area contributed by atoms with Gasteiger partial charge in [0.05, 0.1) is 20.8 Å². The molecule has 1 atom stereocenters. The van der Waals surface area contributed by atoms with Crippen molar-refractivity contribution in [3.63, 3.8) is 0 Å². The number of fused-ring (bicyclic) bond motifs is 4. The molecule has 0 amide bonds. The number of rotatable bonds is 12. The zero-order valence-corrected chi connectivity index (χ0v) is 24.2. The quantitative estimate of drug-likeness (QED) is 0.215. The van der Waals surface area contributed by atoms with E-state index in [0.717, 1.165) is 49.3 Å². The Balaban J connectivity index is 1.40. The summed E-state index contributed by atoms with van der Waals surface area (Å²) in [5.74, 6) is 2.09. The summed E-state index contributed by atoms with van der Waals surface area (Å²) in [6.07, 6.45) is 3.71. The Hall–Kier alpha value is -3.27. The van der Waals surface area contributed by atoms with Gasteiger partial charge in [-0.15, -0.1) is 0 Å². The Kier molecular flexibility index (Phi) is 8.83. The molecule has 0 saturated carbocycles. The van der Waals surface area contributed by atoms with E-state index in [4.69, 9.17) is 23.1 Å². The highest BCUT2D eigenvalue weighted by Crippen LogP contribution is 2.46. The maximum Gasteiger partial charge on any atom is 0.339 e. The second-order valence-corrected chi connectivity index (χ2v) is 11.6. The van der Waals surface area contributed by atoms with Gasteiger partial charge in [-0.25, -0.2) is 0 Å². The second-order valence-electron chi connectivity index (χ2n) is 10.0. The van der Waals surface area contributed by atoms with Crippen LogP contribution in [0.5, 0.6) is 23.0 Å². The van der Waals surface area contributed by atoms with Crippen LogP contribution in [0.15, 0.2) is 59.5 Å². The average molecular weight is 568 g/mol. The summed E-state index contributed by atoms with van der Waals surface area (Å²) in [4.78, 5) is 2.47. The molecule has 40 heavy (non-hydrogen) atoms. The number of benzene rings is 3. The van der Waals surface area contributed by atoms with E-state index in [0.29, 0.717) is 37.7 Å². The second kappa shape index (κ2) is 12.5. The van der Waals surface area contributed by atoms with Crippen molar-refractivity contribution in [1.82, 2.24) is 4.90 Å². The summed E-state index contributed by atoms with van der Waals surface area (Å²) in [5.41, 5.74) is 4.32. The highest BCUT2D eigenvalue weighted by atomic mass is 32.2. The molecule has 0 radical (unpaired) electrons. The molecule has 8 nitrogen and oxygen atoms in total. The van der Waals surface area contributed by atoms with Crippen LogP contribution in [0.25, 0.3) is 0 Å². The van der Waals surface area contributed by atoms with E-state index in [9.17, 15) is 8.42 Å². The van der Waals surface area contributed by atoms with Crippen LogP contribution in [-0.2, 0) is 34.2 Å². The Bertz CT molecular complexity index is 1430. The Morgan fingerprint density at radius 2 is 1.70 bits per heavy atom. The molecule has 0 spiro atoms. The zero-order chi connectivity index (χ0) is 28.1. The molecule has 5 rings (SSSR count). The number of hydrogen-bond acceptors (Lipinski definition) is 8. The van der Waals surface area contributed by atoms with E-state index in [2.05, 4.69) is 24.0 Å². The van der Waals surface area contributed by atoms with Crippen molar-refractivity contribution in [2.75, 3.05) is 40.6 Å². The highest BCUT2D eigenvalue weighted by molar-refractivity contribution is 7.87. The maximum absolute atomic E-state index is 13.1. The van der Waals surface area contributed by atoms with Gasteiger partial charge in [-0.3, -0.25) is 4.90 Å². The lowest BCUT2D eigenvalue weighted by Crippen LogP contribution is -2.39. The van der Waals surface area contributed by atoms with E-state index in [1.165, 1.54) is 30.4 Å². The van der Waals surface area contributed by atoms with Gasteiger partial charge in [0, 0.05) is 31.3 Å². The van der Waals surface area contributed by atoms with Gasteiger partial charge in [0.1, 0.15) is 11.5 Å². The van der Waals surface area contributed by atoms with Crippen LogP contribution < -0.4 is 18.4 Å². The molecule has 2 aliphatic heterocycles. The van der Waals surface area contributed by atoms with Gasteiger partial charge in [0.25, 0.3) is 0 Å². The van der Waals surface area contributed by atoms with Crippen molar-refractivity contribution < 1.29 is 31.5 Å². The first-order valence-corrected chi connectivity index (χ1v) is 15.2. The number of methoxy groups -OCH3 is 2. The van der Waals surface area contributed by atoms with E-state index in [1.54, 1.807) is 31.4 Å². The molecule has 3 aromatic rings. The van der Waals surface area contributed by atoms with Crippen LogP contribution in [-0.4, -0.2) is 53.9 Å². The van der Waals surface area contributed by atoms with Crippen molar-refractivity contribution in [1.29, 1.82) is 0 Å². The summed E-state index contributed by atoms with van der Waals surface area (Å²) in [6.45, 7) is 5.28. The first-order valence-electron chi connectivity index (χ1n) is 13.8. The minimum absolute atomic E-state index is 0.105. The lowest BCUT2D eigenvalue weighted by molar-refractivity contribution is 0.0968. The fourth-order valence-corrected chi connectivity index (χ4v) is 6.43. The summed E-state index contributed by atoms with van der Waals surface area (Å²) < 4.78 is 54.9. The molecule has 2 aliphatic rings. The topological polar surface area (TPSA) is 83.5 Å². The molecule has 0 aromatic heterocycles. The van der Waals surface area contributed by atoms with Crippen LogP contribution in [0.1, 0.15) is 48.1 Å². The molecule has 0 bridgehead atoms. The number of unbranched alkanes of at least 4 members (excludes halogenated alkanes) is 1. The lowest BCUT2D eigenvalue weighted by Gasteiger charge is -2.42. The van der Waals surface area contributed by atoms with Gasteiger partial charge in [-0.1, -0.05) is 37.6 Å². The van der Waals surface area contributed by atoms with E-state index < -0.39 is 10.1 Å². The smallest absolute Gasteiger partial charge is 0.339 e. The average Bonchev–Trinajstić information content (AvgIpc) is 2.98. The van der Waals surface area contributed by atoms with Crippen LogP contribution in [0.2, 0.25) is 0 Å². The van der Waals surface area contributed by atoms with E-state index >= 15 is 0 Å². The van der Waals surface area contributed by atoms with Crippen LogP contribution in [0.3, 0.4) is 0 Å². The highest BCUT2D eigenvalue weighted by Gasteiger charge is 2.36. The maximum atomic E-state index is 13.1. The summed E-state index contributed by atoms with van der Waals surface area (Å²) in [5, 5.41) is 0. The predicted molar refractivity (Wildman–Crippen MR) is 152 cm³/mol. The Morgan fingerprint density at radius 3 is 2.45 bits per heavy atom. The number of hydrogen-bond donors (Lipinski definition) is 0. The normalized spacial score (nSPS) is 16.4. The van der Waals surface area contributed by atoms with E-state index in [1.807, 2.05) is 6.07 Å². The molecule has 0 saturated heterocycles. The largest absolute Gasteiger partial charge is 0.493 e. The first kappa shape index (κ1) is 28.3. The molecule has 9 heteroatoms. The lowest BCUT2D eigenvalue weighted by atomic mass is 9.83. The van der Waals surface area contributed by atoms with Crippen molar-refractivity contribution in [2.24, 2.45) is 0 Å². The van der Waals surface area contributed by atoms with Crippen molar-refractivity contribution >= 4 is 10.1 Å². The van der Waals surface area contributed by atoms with E-state index in [-0.39, 0.29) is 16.7 Å². The summed E-state index contributed by atoms with van der Waals surface area (Å²) in [6, 6.07) is 16.3. The number of ether oxygens (including phenoxy) is 4. The van der Waals surface area contributed by atoms with Crippen molar-refractivity contribution in [3.05, 3.63) is 76.9 Å². The predicted octanol–water partition coefficient (Wildman–Crippen LogP) is 5.32. The van der Waals surface area contributed by atoms with Gasteiger partial charge in [0.2, 0.25) is 0 Å². The molecular formula is C31H37NO7S. The molecule has 214 valence electrons. The third-order valence-corrected chi connectivity index (χ3v) is 8.80. The van der Waals surface area contributed by atoms with Crippen LogP contribution >= 0.6 is 0 Å². The minimum atomic E-state index is -4.02. The summed E-state index contributed by atoms with van der Waals surface area (Å²) in [7, 11) is -0.841. The molecule has 1 unspecified atom stereocenters. The van der Waals surface area contributed by atoms with Gasteiger partial charge in [0.15, 0.2) is 23.0 Å². The van der Waals surface area contributed by atoms with Crippen LogP contribution in [0.4, 0.5) is 0 Å². The fraction of sp³-hybridized carbons (Fsp3) is 0.419. The summed E-state index contributed by atoms with van der Waals surface area (Å²) >= 11 is 0. The molecular weight excluding hydrogens is 530 g/mol. The monoisotopic (exact) mass is 567 g/mol. The molecule has 0 fully saturated rings. The molecule has 3 aromatic carbocycles. The van der Waals surface area contributed by atoms with Crippen molar-refractivity contribution in [3.8, 4) is 23.0 Å². The zero-order valence-electron chi connectivity index (χ0n) is 23.4. The standard InChI is InChI=1S/C31H37NO7S/c1-4-5-15-37-16-17-38-30-19-23-13-14-32-21-26-22(18-27(32)25(23)20-29(30)36-3)11-12-28(35-2)31(26)39-40(33,34)24-9-7-6-8-10-24/h6-12,19-20,27H,4-5,13-18,21H2,1-3H3. The third-order valence-electron chi connectivity index (χ3n) is 7.56. The minimum Gasteiger partial charge on any atom is -0.493 e. The molecule has 0 N–H and O–H groups in total. The first-order chi connectivity index (χ1) is 19.4. The Morgan fingerprint density at radius 1 is 0.900 bits per heavy atom. The number of nitrogens with zero attached hydrogens (tertiary/aromatic N) is 1. The third kappa shape index (κ3) is 5.92. The fourth-order valence-electron chi connectivity index (χ4n) is 5.44. The van der Waals surface area contributed by atoms with Crippen LogP contribution in [0, 0.1) is 0 Å². The van der Waals surface area contributed by atoms with Crippen molar-refractivity contribution in [2.45, 2.75) is 50.1 Å². The SMILES string of the molecule is CCCCOCCOc1cc2c(cc1OC)C1Cc3ccc(OC)c(OS(=O)(=O)c4ccccc4)c3CN1CC2. The molecule has 2 heterocycles. The van der Waals surface area contributed by atoms with Gasteiger partial charge in [-0.05, 0) is 66.3 Å².